The van der Waals surface area contributed by atoms with Crippen LogP contribution in [0.4, 0.5) is 5.82 Å². The summed E-state index contributed by atoms with van der Waals surface area (Å²) in [5.74, 6) is 1.34. The number of aromatic nitrogens is 1. The molecule has 0 saturated carbocycles. The largest absolute Gasteiger partial charge is 0.317 e. The van der Waals surface area contributed by atoms with Crippen LogP contribution in [-0.4, -0.2) is 31.0 Å². The molecule has 1 fully saturated rings. The van der Waals surface area contributed by atoms with Crippen LogP contribution < -0.4 is 10.2 Å². The number of carbonyl (C=O) groups excluding carboxylic acids is 1. The van der Waals surface area contributed by atoms with Gasteiger partial charge in [-0.1, -0.05) is 6.07 Å². The Bertz CT molecular complexity index is 382. The van der Waals surface area contributed by atoms with Gasteiger partial charge in [0.05, 0.1) is 0 Å². The topological polar surface area (TPSA) is 45.2 Å². The molecule has 0 spiro atoms. The highest BCUT2D eigenvalue weighted by Crippen LogP contribution is 2.25. The third kappa shape index (κ3) is 2.82. The fraction of sp³-hybridized carbons (Fsp3) is 0.538. The molecule has 17 heavy (non-hydrogen) atoms. The van der Waals surface area contributed by atoms with Gasteiger partial charge in [0.1, 0.15) is 5.82 Å². The first-order chi connectivity index (χ1) is 8.18. The molecule has 0 unspecified atom stereocenters. The number of piperidine rings is 1. The second kappa shape index (κ2) is 5.27. The van der Waals surface area contributed by atoms with Crippen LogP contribution in [0.15, 0.2) is 18.3 Å². The molecule has 92 valence electrons. The zero-order chi connectivity index (χ0) is 12.3. The number of rotatable bonds is 2. The molecular formula is C13H19N3O. The summed E-state index contributed by atoms with van der Waals surface area (Å²) >= 11 is 0. The molecule has 1 aliphatic rings. The molecule has 1 saturated heterocycles. The van der Waals surface area contributed by atoms with Crippen molar-refractivity contribution in [2.45, 2.75) is 25.7 Å². The minimum atomic E-state index is 0.00659. The molecule has 0 radical (unpaired) electrons. The molecule has 1 N–H and O–H groups in total. The molecule has 1 aliphatic heterocycles. The Kier molecular flexibility index (Phi) is 3.74. The highest BCUT2D eigenvalue weighted by atomic mass is 16.2. The molecule has 0 aliphatic carbocycles. The van der Waals surface area contributed by atoms with Crippen molar-refractivity contribution in [1.29, 1.82) is 0 Å². The van der Waals surface area contributed by atoms with Gasteiger partial charge < -0.3 is 10.2 Å². The van der Waals surface area contributed by atoms with Crippen molar-refractivity contribution in [2.24, 2.45) is 0 Å². The van der Waals surface area contributed by atoms with Gasteiger partial charge in [0, 0.05) is 20.2 Å². The summed E-state index contributed by atoms with van der Waals surface area (Å²) in [7, 11) is 1.74. The minimum absolute atomic E-state index is 0.00659. The van der Waals surface area contributed by atoms with Gasteiger partial charge in [-0.3, -0.25) is 4.79 Å². The second-order valence-corrected chi connectivity index (χ2v) is 4.55. The van der Waals surface area contributed by atoms with Crippen LogP contribution in [0, 0.1) is 0 Å². The van der Waals surface area contributed by atoms with Gasteiger partial charge in [0.2, 0.25) is 5.91 Å². The van der Waals surface area contributed by atoms with Crippen molar-refractivity contribution in [3.05, 3.63) is 23.9 Å². The number of anilines is 1. The average molecular weight is 233 g/mol. The van der Waals surface area contributed by atoms with Gasteiger partial charge in [0.25, 0.3) is 0 Å². The first kappa shape index (κ1) is 12.0. The Morgan fingerprint density at radius 1 is 1.41 bits per heavy atom. The maximum absolute atomic E-state index is 11.2. The Morgan fingerprint density at radius 3 is 2.65 bits per heavy atom. The zero-order valence-electron chi connectivity index (χ0n) is 10.4. The van der Waals surface area contributed by atoms with E-state index in [1.165, 1.54) is 18.4 Å². The Labute approximate surface area is 102 Å². The van der Waals surface area contributed by atoms with Gasteiger partial charge in [-0.15, -0.1) is 0 Å². The third-order valence-electron chi connectivity index (χ3n) is 3.40. The lowest BCUT2D eigenvalue weighted by molar-refractivity contribution is -0.116. The summed E-state index contributed by atoms with van der Waals surface area (Å²) in [6.07, 6.45) is 4.25. The number of carbonyl (C=O) groups is 1. The fourth-order valence-electron chi connectivity index (χ4n) is 2.15. The van der Waals surface area contributed by atoms with Gasteiger partial charge in [0.15, 0.2) is 0 Å². The lowest BCUT2D eigenvalue weighted by Gasteiger charge is -2.23. The maximum atomic E-state index is 11.2. The Hall–Kier alpha value is -1.42. The van der Waals surface area contributed by atoms with Crippen molar-refractivity contribution in [1.82, 2.24) is 10.3 Å². The van der Waals surface area contributed by atoms with E-state index in [1.54, 1.807) is 18.9 Å². The van der Waals surface area contributed by atoms with Crippen molar-refractivity contribution in [3.8, 4) is 0 Å². The van der Waals surface area contributed by atoms with E-state index in [0.29, 0.717) is 5.92 Å². The predicted molar refractivity (Wildman–Crippen MR) is 68.2 cm³/mol. The van der Waals surface area contributed by atoms with Crippen LogP contribution in [-0.2, 0) is 4.79 Å². The molecule has 0 aromatic carbocycles. The van der Waals surface area contributed by atoms with E-state index in [0.717, 1.165) is 18.9 Å². The Balaban J connectivity index is 2.09. The van der Waals surface area contributed by atoms with Crippen LogP contribution in [0.1, 0.15) is 31.2 Å². The number of nitrogens with zero attached hydrogens (tertiary/aromatic N) is 2. The highest BCUT2D eigenvalue weighted by Gasteiger charge is 2.16. The molecule has 4 heteroatoms. The van der Waals surface area contributed by atoms with Crippen LogP contribution in [0.5, 0.6) is 0 Å². The van der Waals surface area contributed by atoms with Gasteiger partial charge >= 0.3 is 0 Å². The van der Waals surface area contributed by atoms with Crippen molar-refractivity contribution < 1.29 is 4.79 Å². The van der Waals surface area contributed by atoms with Crippen molar-refractivity contribution in [2.75, 3.05) is 25.0 Å². The minimum Gasteiger partial charge on any atom is -0.317 e. The number of pyridine rings is 1. The number of hydrogen-bond acceptors (Lipinski definition) is 3. The van der Waals surface area contributed by atoms with Crippen LogP contribution >= 0.6 is 0 Å². The Morgan fingerprint density at radius 2 is 2.12 bits per heavy atom. The van der Waals surface area contributed by atoms with Crippen LogP contribution in [0.2, 0.25) is 0 Å². The van der Waals surface area contributed by atoms with Gasteiger partial charge in [-0.05, 0) is 43.5 Å². The summed E-state index contributed by atoms with van der Waals surface area (Å²) in [6, 6.07) is 4.02. The summed E-state index contributed by atoms with van der Waals surface area (Å²) in [6.45, 7) is 3.71. The van der Waals surface area contributed by atoms with Gasteiger partial charge in [-0.2, -0.15) is 0 Å². The van der Waals surface area contributed by atoms with E-state index in [-0.39, 0.29) is 5.91 Å². The summed E-state index contributed by atoms with van der Waals surface area (Å²) in [5, 5.41) is 3.36. The molecular weight excluding hydrogens is 214 g/mol. The van der Waals surface area contributed by atoms with E-state index in [1.807, 2.05) is 12.3 Å². The molecule has 1 amide bonds. The monoisotopic (exact) mass is 233 g/mol. The van der Waals surface area contributed by atoms with Crippen molar-refractivity contribution in [3.63, 3.8) is 0 Å². The van der Waals surface area contributed by atoms with Crippen LogP contribution in [0.3, 0.4) is 0 Å². The van der Waals surface area contributed by atoms with E-state index in [9.17, 15) is 4.79 Å². The molecule has 2 heterocycles. The van der Waals surface area contributed by atoms with E-state index >= 15 is 0 Å². The smallest absolute Gasteiger partial charge is 0.224 e. The quantitative estimate of drug-likeness (QED) is 0.842. The summed E-state index contributed by atoms with van der Waals surface area (Å²) in [4.78, 5) is 17.1. The molecule has 0 bridgehead atoms. The fourth-order valence-corrected chi connectivity index (χ4v) is 2.15. The van der Waals surface area contributed by atoms with E-state index < -0.39 is 0 Å². The number of amides is 1. The lowest BCUT2D eigenvalue weighted by Crippen LogP contribution is -2.27. The molecule has 0 atom stereocenters. The highest BCUT2D eigenvalue weighted by molar-refractivity contribution is 5.89. The molecule has 4 nitrogen and oxygen atoms in total. The summed E-state index contributed by atoms with van der Waals surface area (Å²) in [5.41, 5.74) is 1.28. The third-order valence-corrected chi connectivity index (χ3v) is 3.40. The van der Waals surface area contributed by atoms with E-state index in [4.69, 9.17) is 0 Å². The van der Waals surface area contributed by atoms with Gasteiger partial charge in [-0.25, -0.2) is 4.98 Å². The zero-order valence-corrected chi connectivity index (χ0v) is 10.4. The molecule has 2 rings (SSSR count). The lowest BCUT2D eigenvalue weighted by atomic mass is 9.91. The standard InChI is InChI=1S/C13H19N3O/c1-10(17)16(2)13-4-3-12(9-15-13)11-5-7-14-8-6-11/h3-4,9,11,14H,5-8H2,1-2H3. The normalized spacial score (nSPS) is 16.8. The number of nitrogens with one attached hydrogen (secondary N) is 1. The van der Waals surface area contributed by atoms with E-state index in [2.05, 4.69) is 16.4 Å². The first-order valence-electron chi connectivity index (χ1n) is 6.09. The molecule has 1 aromatic rings. The first-order valence-corrected chi connectivity index (χ1v) is 6.09. The predicted octanol–water partition coefficient (Wildman–Crippen LogP) is 1.53. The maximum Gasteiger partial charge on any atom is 0.224 e. The van der Waals surface area contributed by atoms with Crippen LogP contribution in [0.25, 0.3) is 0 Å². The van der Waals surface area contributed by atoms with Crippen molar-refractivity contribution >= 4 is 11.7 Å². The summed E-state index contributed by atoms with van der Waals surface area (Å²) < 4.78 is 0. The molecule has 1 aromatic heterocycles. The second-order valence-electron chi connectivity index (χ2n) is 4.55. The number of hydrogen-bond donors (Lipinski definition) is 1. The SMILES string of the molecule is CC(=O)N(C)c1ccc(C2CCNCC2)cn1. The average Bonchev–Trinajstić information content (AvgIpc) is 2.39.